The second-order valence-electron chi connectivity index (χ2n) is 17.6. The van der Waals surface area contributed by atoms with Crippen LogP contribution in [0.25, 0.3) is 0 Å². The van der Waals surface area contributed by atoms with Gasteiger partial charge in [0.05, 0.1) is 49.5 Å². The molecule has 0 spiro atoms. The van der Waals surface area contributed by atoms with Crippen LogP contribution in [0.3, 0.4) is 0 Å². The van der Waals surface area contributed by atoms with Crippen molar-refractivity contribution in [1.29, 1.82) is 0 Å². The van der Waals surface area contributed by atoms with Gasteiger partial charge in [-0.1, -0.05) is 67.6 Å². The van der Waals surface area contributed by atoms with Gasteiger partial charge >= 0.3 is 24.4 Å². The van der Waals surface area contributed by atoms with Crippen molar-refractivity contribution in [2.45, 2.75) is 108 Å². The van der Waals surface area contributed by atoms with E-state index in [1.807, 2.05) is 66.9 Å². The summed E-state index contributed by atoms with van der Waals surface area (Å²) < 4.78 is 109. The lowest BCUT2D eigenvalue weighted by atomic mass is 9.94. The molecule has 4 amide bonds. The van der Waals surface area contributed by atoms with E-state index in [0.717, 1.165) is 22.6 Å². The first kappa shape index (κ1) is 49.2. The van der Waals surface area contributed by atoms with Gasteiger partial charge in [-0.2, -0.15) is 26.3 Å². The van der Waals surface area contributed by atoms with Crippen LogP contribution in [0.5, 0.6) is 0 Å². The van der Waals surface area contributed by atoms with E-state index in [1.165, 1.54) is 47.4 Å². The molecule has 63 heavy (non-hydrogen) atoms. The standard InChI is InChI=1S/C24H28F4N2O2.C23H27F3N2O2S/c1-5-15-10-11-18(20(25)12-15)21(17-8-6-7-9-19(17)24(26,27)28)32-16-13-30(14-16)22(31)29-23(2,3)4;1-22(2,3)27-21(29)28-13-16(14-28)30-20(15-9-11-17(31-4)12-10-15)18-7-5-6-8-19(18)23(24,25)26/h6-12,16,21H,5,13-14H2,1-4H3,(H,29,31);5-12,16,20H,13-14H2,1-4H3,(H,27,29). The number of benzene rings is 4. The average Bonchev–Trinajstić information content (AvgIpc) is 3.15. The molecule has 0 aromatic heterocycles. The van der Waals surface area contributed by atoms with Crippen molar-refractivity contribution in [3.05, 3.63) is 136 Å². The summed E-state index contributed by atoms with van der Waals surface area (Å²) in [7, 11) is 0. The third-order valence-corrected chi connectivity index (χ3v) is 10.9. The zero-order chi connectivity index (χ0) is 46.5. The summed E-state index contributed by atoms with van der Waals surface area (Å²) in [4.78, 5) is 28.7. The van der Waals surface area contributed by atoms with E-state index in [4.69, 9.17) is 9.47 Å². The Labute approximate surface area is 368 Å². The van der Waals surface area contributed by atoms with E-state index in [1.54, 1.807) is 40.9 Å². The molecule has 0 aliphatic carbocycles. The van der Waals surface area contributed by atoms with Crippen molar-refractivity contribution in [2.24, 2.45) is 0 Å². The lowest BCUT2D eigenvalue weighted by Crippen LogP contribution is -2.60. The number of thioether (sulfide) groups is 1. The molecule has 4 aromatic rings. The fraction of sp³-hybridized carbons (Fsp3) is 0.447. The number of urea groups is 2. The number of likely N-dealkylation sites (tertiary alicyclic amines) is 2. The number of nitrogens with one attached hydrogen (secondary N) is 2. The van der Waals surface area contributed by atoms with Crippen molar-refractivity contribution < 1.29 is 49.8 Å². The van der Waals surface area contributed by atoms with Crippen LogP contribution >= 0.6 is 11.8 Å². The highest BCUT2D eigenvalue weighted by atomic mass is 32.2. The minimum absolute atomic E-state index is 0.0384. The third-order valence-electron chi connectivity index (χ3n) is 10.2. The van der Waals surface area contributed by atoms with Crippen molar-refractivity contribution >= 4 is 23.8 Å². The normalized spacial score (nSPS) is 16.0. The van der Waals surface area contributed by atoms with Crippen LogP contribution in [-0.4, -0.2) is 77.6 Å². The number of halogens is 7. The van der Waals surface area contributed by atoms with Crippen LogP contribution < -0.4 is 10.6 Å². The molecule has 2 fully saturated rings. The minimum atomic E-state index is -4.61. The van der Waals surface area contributed by atoms with Gasteiger partial charge in [-0.25, -0.2) is 14.0 Å². The van der Waals surface area contributed by atoms with Crippen molar-refractivity contribution in [3.63, 3.8) is 0 Å². The maximum absolute atomic E-state index is 14.9. The zero-order valence-corrected chi connectivity index (χ0v) is 37.4. The molecule has 2 unspecified atom stereocenters. The van der Waals surface area contributed by atoms with Crippen LogP contribution in [0.2, 0.25) is 0 Å². The average molecular weight is 905 g/mol. The second-order valence-corrected chi connectivity index (χ2v) is 18.5. The van der Waals surface area contributed by atoms with E-state index < -0.39 is 53.1 Å². The summed E-state index contributed by atoms with van der Waals surface area (Å²) >= 11 is 1.56. The van der Waals surface area contributed by atoms with Gasteiger partial charge in [0.2, 0.25) is 0 Å². The Balaban J connectivity index is 0.000000238. The fourth-order valence-corrected chi connectivity index (χ4v) is 7.37. The molecule has 0 saturated carbocycles. The van der Waals surface area contributed by atoms with Gasteiger partial charge in [0, 0.05) is 21.5 Å². The van der Waals surface area contributed by atoms with E-state index >= 15 is 0 Å². The molecule has 2 atom stereocenters. The largest absolute Gasteiger partial charge is 0.416 e. The number of aryl methyl sites for hydroxylation is 1. The number of hydrogen-bond donors (Lipinski definition) is 2. The van der Waals surface area contributed by atoms with E-state index in [0.29, 0.717) is 25.1 Å². The number of hydrogen-bond acceptors (Lipinski definition) is 5. The number of nitrogens with zero attached hydrogens (tertiary/aromatic N) is 2. The number of carbonyl (C=O) groups is 2. The summed E-state index contributed by atoms with van der Waals surface area (Å²) in [6.45, 7) is 14.2. The quantitative estimate of drug-likeness (QED) is 0.122. The molecule has 2 saturated heterocycles. The Morgan fingerprint density at radius 2 is 1.08 bits per heavy atom. The van der Waals surface area contributed by atoms with Gasteiger partial charge in [-0.05, 0) is 107 Å². The topological polar surface area (TPSA) is 83.1 Å². The van der Waals surface area contributed by atoms with Crippen molar-refractivity contribution in [1.82, 2.24) is 20.4 Å². The van der Waals surface area contributed by atoms with Crippen LogP contribution in [0.1, 0.15) is 99.6 Å². The summed E-state index contributed by atoms with van der Waals surface area (Å²) in [5.74, 6) is -0.618. The van der Waals surface area contributed by atoms with Crippen LogP contribution in [0.15, 0.2) is 95.9 Å². The van der Waals surface area contributed by atoms with Gasteiger partial charge in [0.15, 0.2) is 0 Å². The predicted molar refractivity (Wildman–Crippen MR) is 230 cm³/mol. The SMILES string of the molecule is CCc1ccc(C(OC2CN(C(=O)NC(C)(C)C)C2)c2ccccc2C(F)(F)F)c(F)c1.CSc1ccc(C(OC2CN(C(=O)NC(C)(C)C)C2)c2ccccc2C(F)(F)F)cc1. The minimum Gasteiger partial charge on any atom is -0.362 e. The molecule has 6 rings (SSSR count). The van der Waals surface area contributed by atoms with Crippen molar-refractivity contribution in [3.8, 4) is 0 Å². The molecular weight excluding hydrogens is 850 g/mol. The van der Waals surface area contributed by atoms with Crippen LogP contribution in [0, 0.1) is 5.82 Å². The number of ether oxygens (including phenoxy) is 2. The molecular formula is C47H55F7N4O4S. The Morgan fingerprint density at radius 3 is 1.48 bits per heavy atom. The molecule has 342 valence electrons. The van der Waals surface area contributed by atoms with Gasteiger partial charge in [-0.15, -0.1) is 11.8 Å². The molecule has 2 N–H and O–H groups in total. The first-order valence-electron chi connectivity index (χ1n) is 20.6. The number of rotatable bonds is 10. The van der Waals surface area contributed by atoms with Crippen LogP contribution in [-0.2, 0) is 28.2 Å². The molecule has 16 heteroatoms. The molecule has 2 aliphatic heterocycles. The highest BCUT2D eigenvalue weighted by Crippen LogP contribution is 2.41. The lowest BCUT2D eigenvalue weighted by molar-refractivity contribution is -0.141. The van der Waals surface area contributed by atoms with Crippen molar-refractivity contribution in [2.75, 3.05) is 32.4 Å². The fourth-order valence-electron chi connectivity index (χ4n) is 6.96. The first-order valence-corrected chi connectivity index (χ1v) is 21.8. The Morgan fingerprint density at radius 1 is 0.651 bits per heavy atom. The molecule has 2 aliphatic rings. The molecule has 0 bridgehead atoms. The zero-order valence-electron chi connectivity index (χ0n) is 36.6. The van der Waals surface area contributed by atoms with Gasteiger partial charge in [-0.3, -0.25) is 0 Å². The highest BCUT2D eigenvalue weighted by Gasteiger charge is 2.41. The number of carbonyl (C=O) groups excluding carboxylic acids is 2. The molecule has 8 nitrogen and oxygen atoms in total. The second kappa shape index (κ2) is 19.9. The summed E-state index contributed by atoms with van der Waals surface area (Å²) in [6, 6.07) is 21.9. The van der Waals surface area contributed by atoms with Gasteiger partial charge < -0.3 is 29.9 Å². The first-order chi connectivity index (χ1) is 29.4. The Bertz CT molecular complexity index is 2180. The predicted octanol–water partition coefficient (Wildman–Crippen LogP) is 11.4. The van der Waals surface area contributed by atoms with Gasteiger partial charge in [0.1, 0.15) is 18.0 Å². The van der Waals surface area contributed by atoms with E-state index in [9.17, 15) is 40.3 Å². The monoisotopic (exact) mass is 904 g/mol. The smallest absolute Gasteiger partial charge is 0.362 e. The summed E-state index contributed by atoms with van der Waals surface area (Å²) in [6.07, 6.45) is -9.57. The molecule has 4 aromatic carbocycles. The van der Waals surface area contributed by atoms with E-state index in [2.05, 4.69) is 10.6 Å². The van der Waals surface area contributed by atoms with E-state index in [-0.39, 0.29) is 53.5 Å². The maximum Gasteiger partial charge on any atom is 0.416 e. The summed E-state index contributed by atoms with van der Waals surface area (Å²) in [5, 5.41) is 5.71. The third kappa shape index (κ3) is 13.4. The van der Waals surface area contributed by atoms with Crippen LogP contribution in [0.4, 0.5) is 40.3 Å². The van der Waals surface area contributed by atoms with Gasteiger partial charge in [0.25, 0.3) is 0 Å². The lowest BCUT2D eigenvalue weighted by Gasteiger charge is -2.42. The molecule has 0 radical (unpaired) electrons. The number of amides is 4. The highest BCUT2D eigenvalue weighted by molar-refractivity contribution is 7.98. The number of alkyl halides is 6. The Kier molecular flexibility index (Phi) is 15.6. The molecule has 2 heterocycles. The maximum atomic E-state index is 14.9. The summed E-state index contributed by atoms with van der Waals surface area (Å²) in [5.41, 5.74) is -1.02. The Hall–Kier alpha value is -4.80.